The van der Waals surface area contributed by atoms with E-state index >= 15 is 0 Å². The van der Waals surface area contributed by atoms with E-state index in [2.05, 4.69) is 18.6 Å². The Morgan fingerprint density at radius 1 is 1.10 bits per heavy atom. The quantitative estimate of drug-likeness (QED) is 0.843. The molecule has 1 aromatic rings. The highest BCUT2D eigenvalue weighted by molar-refractivity contribution is 7.89. The van der Waals surface area contributed by atoms with Crippen molar-refractivity contribution in [2.75, 3.05) is 5.73 Å². The fourth-order valence-electron chi connectivity index (χ4n) is 2.98. The molecule has 1 saturated carbocycles. The van der Waals surface area contributed by atoms with Crippen LogP contribution < -0.4 is 10.5 Å². The molecule has 21 heavy (non-hydrogen) atoms. The Bertz CT molecular complexity index is 625. The maximum atomic E-state index is 12.6. The van der Waals surface area contributed by atoms with E-state index in [9.17, 15) is 8.42 Å². The monoisotopic (exact) mass is 310 g/mol. The Kier molecular flexibility index (Phi) is 4.63. The zero-order valence-corrected chi connectivity index (χ0v) is 14.1. The summed E-state index contributed by atoms with van der Waals surface area (Å²) in [4.78, 5) is 0.205. The zero-order valence-electron chi connectivity index (χ0n) is 13.3. The number of nitrogens with two attached hydrogens (primary N) is 1. The largest absolute Gasteiger partial charge is 0.398 e. The van der Waals surface area contributed by atoms with Crippen molar-refractivity contribution in [2.24, 2.45) is 11.8 Å². The summed E-state index contributed by atoms with van der Waals surface area (Å²) >= 11 is 0. The average molecular weight is 310 g/mol. The van der Waals surface area contributed by atoms with E-state index in [1.165, 1.54) is 0 Å². The number of nitrogen functional groups attached to an aromatic ring is 1. The highest BCUT2D eigenvalue weighted by atomic mass is 32.2. The van der Waals surface area contributed by atoms with E-state index in [1.807, 2.05) is 13.8 Å². The number of benzene rings is 1. The third-order valence-corrected chi connectivity index (χ3v) is 6.41. The van der Waals surface area contributed by atoms with E-state index < -0.39 is 10.0 Å². The van der Waals surface area contributed by atoms with Crippen molar-refractivity contribution >= 4 is 15.7 Å². The number of rotatable bonds is 3. The number of hydrogen-bond donors (Lipinski definition) is 2. The minimum atomic E-state index is -3.55. The number of anilines is 1. The van der Waals surface area contributed by atoms with Crippen LogP contribution in [0, 0.1) is 25.7 Å². The number of nitrogens with one attached hydrogen (secondary N) is 1. The Labute approximate surface area is 128 Å². The lowest BCUT2D eigenvalue weighted by atomic mass is 9.79. The first-order valence-electron chi connectivity index (χ1n) is 7.59. The van der Waals surface area contributed by atoms with Crippen molar-refractivity contribution in [1.82, 2.24) is 4.72 Å². The Morgan fingerprint density at radius 3 is 2.33 bits per heavy atom. The van der Waals surface area contributed by atoms with Crippen LogP contribution in [-0.2, 0) is 10.0 Å². The topological polar surface area (TPSA) is 72.2 Å². The van der Waals surface area contributed by atoms with Crippen LogP contribution in [0.2, 0.25) is 0 Å². The number of aryl methyl sites for hydroxylation is 2. The minimum Gasteiger partial charge on any atom is -0.398 e. The number of sulfonamides is 1. The smallest absolute Gasteiger partial charge is 0.242 e. The lowest BCUT2D eigenvalue weighted by Crippen LogP contribution is -2.40. The molecule has 0 radical (unpaired) electrons. The predicted octanol–water partition coefficient (Wildman–Crippen LogP) is 2.99. The second-order valence-electron chi connectivity index (χ2n) is 6.56. The van der Waals surface area contributed by atoms with Gasteiger partial charge in [-0.25, -0.2) is 13.1 Å². The molecule has 118 valence electrons. The molecule has 1 aliphatic rings. The third kappa shape index (κ3) is 3.58. The molecule has 0 bridgehead atoms. The minimum absolute atomic E-state index is 0.0159. The molecule has 3 N–H and O–H groups in total. The maximum Gasteiger partial charge on any atom is 0.242 e. The number of hydrogen-bond acceptors (Lipinski definition) is 3. The molecule has 0 aliphatic heterocycles. The van der Waals surface area contributed by atoms with E-state index in [0.717, 1.165) is 30.4 Å². The lowest BCUT2D eigenvalue weighted by Gasteiger charge is -2.32. The van der Waals surface area contributed by atoms with E-state index in [0.29, 0.717) is 17.5 Å². The van der Waals surface area contributed by atoms with Crippen LogP contribution in [-0.4, -0.2) is 14.5 Å². The highest BCUT2D eigenvalue weighted by Gasteiger charge is 2.29. The van der Waals surface area contributed by atoms with Gasteiger partial charge in [-0.2, -0.15) is 0 Å². The van der Waals surface area contributed by atoms with Crippen molar-refractivity contribution in [3.8, 4) is 0 Å². The molecular weight excluding hydrogens is 284 g/mol. The summed E-state index contributed by atoms with van der Waals surface area (Å²) in [5.41, 5.74) is 8.18. The summed E-state index contributed by atoms with van der Waals surface area (Å²) < 4.78 is 28.0. The van der Waals surface area contributed by atoms with Crippen molar-refractivity contribution < 1.29 is 8.42 Å². The van der Waals surface area contributed by atoms with Crippen molar-refractivity contribution in [3.05, 3.63) is 23.3 Å². The van der Waals surface area contributed by atoms with Gasteiger partial charge >= 0.3 is 0 Å². The van der Waals surface area contributed by atoms with Crippen LogP contribution in [0.25, 0.3) is 0 Å². The predicted molar refractivity (Wildman–Crippen MR) is 86.6 cm³/mol. The van der Waals surface area contributed by atoms with Crippen LogP contribution in [0.3, 0.4) is 0 Å². The highest BCUT2D eigenvalue weighted by Crippen LogP contribution is 2.31. The summed E-state index contributed by atoms with van der Waals surface area (Å²) in [5, 5.41) is 0. The second kappa shape index (κ2) is 5.97. The van der Waals surface area contributed by atoms with Crippen molar-refractivity contribution in [1.29, 1.82) is 0 Å². The zero-order chi connectivity index (χ0) is 15.8. The van der Waals surface area contributed by atoms with Gasteiger partial charge in [-0.15, -0.1) is 0 Å². The van der Waals surface area contributed by atoms with Crippen molar-refractivity contribution in [3.63, 3.8) is 0 Å². The fourth-order valence-corrected chi connectivity index (χ4v) is 4.46. The van der Waals surface area contributed by atoms with E-state index in [4.69, 9.17) is 5.73 Å². The lowest BCUT2D eigenvalue weighted by molar-refractivity contribution is 0.242. The Balaban J connectivity index is 2.21. The molecule has 0 spiro atoms. The van der Waals surface area contributed by atoms with Crippen molar-refractivity contribution in [2.45, 2.75) is 57.9 Å². The van der Waals surface area contributed by atoms with Gasteiger partial charge in [0.05, 0.1) is 5.69 Å². The average Bonchev–Trinajstić information content (AvgIpc) is 2.37. The molecule has 1 aliphatic carbocycles. The maximum absolute atomic E-state index is 12.6. The van der Waals surface area contributed by atoms with Crippen LogP contribution in [0.15, 0.2) is 17.0 Å². The summed E-state index contributed by atoms with van der Waals surface area (Å²) in [7, 11) is -3.55. The Hall–Kier alpha value is -1.07. The molecule has 3 unspecified atom stereocenters. The molecule has 0 saturated heterocycles. The van der Waals surface area contributed by atoms with Gasteiger partial charge in [0.25, 0.3) is 0 Å². The summed E-state index contributed by atoms with van der Waals surface area (Å²) in [6.07, 6.45) is 2.86. The summed E-state index contributed by atoms with van der Waals surface area (Å²) in [6, 6.07) is 3.42. The molecule has 0 heterocycles. The van der Waals surface area contributed by atoms with Crippen LogP contribution in [0.1, 0.15) is 44.2 Å². The first-order valence-corrected chi connectivity index (χ1v) is 9.08. The first kappa shape index (κ1) is 16.3. The third-order valence-electron chi connectivity index (χ3n) is 4.84. The molecule has 0 amide bonds. The molecule has 3 atom stereocenters. The standard InChI is InChI=1S/C16H26N2O2S/c1-10-5-6-14(7-11(10)2)18-21(19,20)16-9-13(4)12(3)8-15(16)17/h8-11,14,18H,5-7,17H2,1-4H3. The molecule has 4 nitrogen and oxygen atoms in total. The van der Waals surface area contributed by atoms with Gasteiger partial charge in [-0.3, -0.25) is 0 Å². The van der Waals surface area contributed by atoms with Gasteiger partial charge in [0.15, 0.2) is 0 Å². The SMILES string of the molecule is Cc1cc(N)c(S(=O)(=O)NC2CCC(C)C(C)C2)cc1C. The molecule has 0 aromatic heterocycles. The Morgan fingerprint density at radius 2 is 1.71 bits per heavy atom. The van der Waals surface area contributed by atoms with Gasteiger partial charge in [0.2, 0.25) is 10.0 Å². The summed E-state index contributed by atoms with van der Waals surface area (Å²) in [6.45, 7) is 8.25. The van der Waals surface area contributed by atoms with Gasteiger partial charge in [-0.1, -0.05) is 13.8 Å². The molecule has 1 fully saturated rings. The summed E-state index contributed by atoms with van der Waals surface area (Å²) in [5.74, 6) is 1.21. The van der Waals surface area contributed by atoms with Gasteiger partial charge < -0.3 is 5.73 Å². The molecule has 2 rings (SSSR count). The van der Waals surface area contributed by atoms with Crippen LogP contribution >= 0.6 is 0 Å². The fraction of sp³-hybridized carbons (Fsp3) is 0.625. The van der Waals surface area contributed by atoms with Gasteiger partial charge in [-0.05, 0) is 68.2 Å². The van der Waals surface area contributed by atoms with Crippen LogP contribution in [0.5, 0.6) is 0 Å². The van der Waals surface area contributed by atoms with E-state index in [1.54, 1.807) is 12.1 Å². The molecular formula is C16H26N2O2S. The molecule has 1 aromatic carbocycles. The normalized spacial score (nSPS) is 26.8. The first-order chi connectivity index (χ1) is 9.70. The molecule has 5 heteroatoms. The van der Waals surface area contributed by atoms with E-state index in [-0.39, 0.29) is 10.9 Å². The van der Waals surface area contributed by atoms with Crippen LogP contribution in [0.4, 0.5) is 5.69 Å². The van der Waals surface area contributed by atoms with Gasteiger partial charge in [0.1, 0.15) is 4.90 Å². The second-order valence-corrected chi connectivity index (χ2v) is 8.24. The van der Waals surface area contributed by atoms with Gasteiger partial charge in [0, 0.05) is 6.04 Å².